The van der Waals surface area contributed by atoms with Crippen LogP contribution in [0, 0.1) is 5.92 Å². The molecule has 0 saturated carbocycles. The number of carbonyl (C=O) groups is 2. The summed E-state index contributed by atoms with van der Waals surface area (Å²) in [6, 6.07) is -0.674. The molecule has 0 aromatic rings. The normalized spacial score (nSPS) is 27.0. The van der Waals surface area contributed by atoms with Crippen molar-refractivity contribution < 1.29 is 9.59 Å². The number of carbonyl (C=O) groups excluding carboxylic acids is 2. The van der Waals surface area contributed by atoms with Gasteiger partial charge in [0.15, 0.2) is 0 Å². The number of amides is 2. The zero-order valence-electron chi connectivity index (χ0n) is 12.1. The van der Waals surface area contributed by atoms with Crippen molar-refractivity contribution in [1.82, 2.24) is 10.2 Å². The molecule has 2 rings (SSSR count). The summed E-state index contributed by atoms with van der Waals surface area (Å²) in [6.45, 7) is 5.29. The Hall–Kier alpha value is -0.790. The van der Waals surface area contributed by atoms with Crippen LogP contribution in [0.3, 0.4) is 0 Å². The molecule has 7 heteroatoms. The molecule has 2 amide bonds. The highest BCUT2D eigenvalue weighted by molar-refractivity contribution is 8.01. The molecule has 0 aliphatic carbocycles. The number of likely N-dealkylation sites (tertiary alicyclic amines) is 1. The lowest BCUT2D eigenvalue weighted by Crippen LogP contribution is -2.56. The third-order valence-corrected chi connectivity index (χ3v) is 5.77. The second kappa shape index (κ2) is 5.91. The summed E-state index contributed by atoms with van der Waals surface area (Å²) in [7, 11) is 0. The number of hydrogen-bond acceptors (Lipinski definition) is 5. The van der Waals surface area contributed by atoms with Crippen LogP contribution in [0.25, 0.3) is 0 Å². The van der Waals surface area contributed by atoms with Gasteiger partial charge in [0.2, 0.25) is 11.8 Å². The molecule has 114 valence electrons. The summed E-state index contributed by atoms with van der Waals surface area (Å²) in [5, 5.41) is 3.34. The molecule has 0 aromatic heterocycles. The standard InChI is InChI=1S/C13H24N4O2S/c1-8(2)10(14)12(19)17-5-3-13(4-6-17)16-9(7-20-13)11(15)18/h8-10,16H,3-7,14H2,1-2H3,(H2,15,18)/t9-,10-/m0/s1. The molecule has 2 aliphatic heterocycles. The predicted molar refractivity (Wildman–Crippen MR) is 79.9 cm³/mol. The van der Waals surface area contributed by atoms with Gasteiger partial charge in [-0.25, -0.2) is 0 Å². The highest BCUT2D eigenvalue weighted by atomic mass is 32.2. The van der Waals surface area contributed by atoms with Gasteiger partial charge in [-0.3, -0.25) is 14.9 Å². The first-order valence-electron chi connectivity index (χ1n) is 7.10. The molecule has 0 bridgehead atoms. The summed E-state index contributed by atoms with van der Waals surface area (Å²) in [6.07, 6.45) is 1.66. The van der Waals surface area contributed by atoms with Crippen LogP contribution in [-0.2, 0) is 9.59 Å². The minimum absolute atomic E-state index is 0.0318. The van der Waals surface area contributed by atoms with Gasteiger partial charge in [0, 0.05) is 18.8 Å². The van der Waals surface area contributed by atoms with Crippen LogP contribution in [0.15, 0.2) is 0 Å². The second-order valence-corrected chi connectivity index (χ2v) is 7.40. The quantitative estimate of drug-likeness (QED) is 0.651. The Bertz CT molecular complexity index is 394. The van der Waals surface area contributed by atoms with Crippen LogP contribution in [0.4, 0.5) is 0 Å². The van der Waals surface area contributed by atoms with E-state index in [4.69, 9.17) is 11.5 Å². The Labute approximate surface area is 124 Å². The van der Waals surface area contributed by atoms with Gasteiger partial charge < -0.3 is 16.4 Å². The van der Waals surface area contributed by atoms with Crippen molar-refractivity contribution in [2.75, 3.05) is 18.8 Å². The average molecular weight is 300 g/mol. The molecule has 0 unspecified atom stereocenters. The number of nitrogens with zero attached hydrogens (tertiary/aromatic N) is 1. The first-order valence-corrected chi connectivity index (χ1v) is 8.08. The van der Waals surface area contributed by atoms with Crippen molar-refractivity contribution in [3.05, 3.63) is 0 Å². The van der Waals surface area contributed by atoms with E-state index < -0.39 is 6.04 Å². The SMILES string of the molecule is CC(C)[C@H](N)C(=O)N1CCC2(CC1)N[C@H](C(N)=O)CS2. The lowest BCUT2D eigenvalue weighted by Gasteiger charge is -2.40. The molecule has 2 heterocycles. The predicted octanol–water partition coefficient (Wildman–Crippen LogP) is -0.521. The van der Waals surface area contributed by atoms with Crippen LogP contribution >= 0.6 is 11.8 Å². The van der Waals surface area contributed by atoms with E-state index in [0.29, 0.717) is 13.1 Å². The molecule has 20 heavy (non-hydrogen) atoms. The molecule has 2 fully saturated rings. The average Bonchev–Trinajstić information content (AvgIpc) is 2.82. The second-order valence-electron chi connectivity index (χ2n) is 6.00. The number of hydrogen-bond donors (Lipinski definition) is 3. The summed E-state index contributed by atoms with van der Waals surface area (Å²) in [5.41, 5.74) is 11.3. The summed E-state index contributed by atoms with van der Waals surface area (Å²) in [4.78, 5) is 25.2. The lowest BCUT2D eigenvalue weighted by molar-refractivity contribution is -0.135. The summed E-state index contributed by atoms with van der Waals surface area (Å²) in [5.74, 6) is 0.602. The molecular weight excluding hydrogens is 276 g/mol. The highest BCUT2D eigenvalue weighted by Gasteiger charge is 2.44. The number of primary amides is 1. The third kappa shape index (κ3) is 3.10. The molecule has 6 nitrogen and oxygen atoms in total. The Balaban J connectivity index is 1.90. The van der Waals surface area contributed by atoms with E-state index in [-0.39, 0.29) is 28.6 Å². The summed E-state index contributed by atoms with van der Waals surface area (Å²) < 4.78 is 0. The number of nitrogens with two attached hydrogens (primary N) is 2. The van der Waals surface area contributed by atoms with Gasteiger partial charge in [0.05, 0.1) is 17.0 Å². The van der Waals surface area contributed by atoms with Crippen molar-refractivity contribution in [3.63, 3.8) is 0 Å². The maximum atomic E-state index is 12.2. The Kier molecular flexibility index (Phi) is 4.61. The van der Waals surface area contributed by atoms with E-state index >= 15 is 0 Å². The zero-order valence-corrected chi connectivity index (χ0v) is 12.9. The zero-order chi connectivity index (χ0) is 14.9. The van der Waals surface area contributed by atoms with E-state index in [9.17, 15) is 9.59 Å². The van der Waals surface area contributed by atoms with Gasteiger partial charge in [-0.05, 0) is 18.8 Å². The Morgan fingerprint density at radius 3 is 2.40 bits per heavy atom. The molecule has 1 spiro atoms. The van der Waals surface area contributed by atoms with Gasteiger partial charge in [-0.15, -0.1) is 11.8 Å². The lowest BCUT2D eigenvalue weighted by atomic mass is 9.99. The van der Waals surface area contributed by atoms with E-state index in [1.807, 2.05) is 18.7 Å². The molecule has 0 radical (unpaired) electrons. The largest absolute Gasteiger partial charge is 0.368 e. The monoisotopic (exact) mass is 300 g/mol. The molecule has 2 atom stereocenters. The van der Waals surface area contributed by atoms with Crippen LogP contribution in [0.2, 0.25) is 0 Å². The van der Waals surface area contributed by atoms with Crippen molar-refractivity contribution in [2.24, 2.45) is 17.4 Å². The van der Waals surface area contributed by atoms with Gasteiger partial charge in [-0.2, -0.15) is 0 Å². The van der Waals surface area contributed by atoms with E-state index in [2.05, 4.69) is 5.32 Å². The smallest absolute Gasteiger partial charge is 0.239 e. The van der Waals surface area contributed by atoms with Gasteiger partial charge in [0.1, 0.15) is 0 Å². The fourth-order valence-corrected chi connectivity index (χ4v) is 4.10. The van der Waals surface area contributed by atoms with Crippen LogP contribution < -0.4 is 16.8 Å². The topological polar surface area (TPSA) is 101 Å². The van der Waals surface area contributed by atoms with Gasteiger partial charge in [0.25, 0.3) is 0 Å². The maximum absolute atomic E-state index is 12.2. The molecule has 5 N–H and O–H groups in total. The van der Waals surface area contributed by atoms with Crippen molar-refractivity contribution in [1.29, 1.82) is 0 Å². The van der Waals surface area contributed by atoms with E-state index in [0.717, 1.165) is 18.6 Å². The van der Waals surface area contributed by atoms with Gasteiger partial charge >= 0.3 is 0 Å². The third-order valence-electron chi connectivity index (χ3n) is 4.19. The van der Waals surface area contributed by atoms with Crippen molar-refractivity contribution in [2.45, 2.75) is 43.6 Å². The number of thioether (sulfide) groups is 1. The summed E-state index contributed by atoms with van der Waals surface area (Å²) >= 11 is 1.75. The highest BCUT2D eigenvalue weighted by Crippen LogP contribution is 2.39. The van der Waals surface area contributed by atoms with Crippen molar-refractivity contribution >= 4 is 23.6 Å². The molecule has 2 aliphatic rings. The van der Waals surface area contributed by atoms with Crippen LogP contribution in [-0.4, -0.2) is 52.5 Å². The molecule has 0 aromatic carbocycles. The molecule has 2 saturated heterocycles. The number of rotatable bonds is 3. The Morgan fingerprint density at radius 2 is 1.95 bits per heavy atom. The fraction of sp³-hybridized carbons (Fsp3) is 0.846. The maximum Gasteiger partial charge on any atom is 0.239 e. The Morgan fingerprint density at radius 1 is 1.35 bits per heavy atom. The van der Waals surface area contributed by atoms with E-state index in [1.165, 1.54) is 0 Å². The van der Waals surface area contributed by atoms with E-state index in [1.54, 1.807) is 11.8 Å². The minimum Gasteiger partial charge on any atom is -0.368 e. The number of piperidine rings is 1. The van der Waals surface area contributed by atoms with Gasteiger partial charge in [-0.1, -0.05) is 13.8 Å². The number of nitrogens with one attached hydrogen (secondary N) is 1. The fourth-order valence-electron chi connectivity index (χ4n) is 2.67. The molecular formula is C13H24N4O2S. The van der Waals surface area contributed by atoms with Crippen molar-refractivity contribution in [3.8, 4) is 0 Å². The first kappa shape index (κ1) is 15.6. The van der Waals surface area contributed by atoms with Crippen LogP contribution in [0.1, 0.15) is 26.7 Å². The first-order chi connectivity index (χ1) is 9.34. The minimum atomic E-state index is -0.424. The van der Waals surface area contributed by atoms with Crippen LogP contribution in [0.5, 0.6) is 0 Å².